The Morgan fingerprint density at radius 2 is 1.90 bits per heavy atom. The lowest BCUT2D eigenvalue weighted by Crippen LogP contribution is -2.21. The molecule has 2 aromatic rings. The third-order valence-corrected chi connectivity index (χ3v) is 3.64. The smallest absolute Gasteiger partial charge is 0.126 e. The van der Waals surface area contributed by atoms with Crippen LogP contribution in [0.15, 0.2) is 42.5 Å². The standard InChI is InChI=1S/C18H22FN/c1-13-5-4-6-16(11-13)9-10-20-15(3)17-8-7-14(2)18(19)12-17/h4-8,11-12,15,20H,9-10H2,1-3H3. The number of nitrogens with one attached hydrogen (secondary N) is 1. The molecule has 106 valence electrons. The summed E-state index contributed by atoms with van der Waals surface area (Å²) in [7, 11) is 0. The molecule has 0 saturated carbocycles. The van der Waals surface area contributed by atoms with Gasteiger partial charge in [0.1, 0.15) is 5.82 Å². The molecule has 0 heterocycles. The normalized spacial score (nSPS) is 12.4. The average molecular weight is 271 g/mol. The summed E-state index contributed by atoms with van der Waals surface area (Å²) >= 11 is 0. The van der Waals surface area contributed by atoms with Crippen LogP contribution in [0.4, 0.5) is 4.39 Å². The summed E-state index contributed by atoms with van der Waals surface area (Å²) < 4.78 is 13.5. The minimum absolute atomic E-state index is 0.130. The van der Waals surface area contributed by atoms with E-state index in [2.05, 4.69) is 43.4 Å². The molecule has 20 heavy (non-hydrogen) atoms. The fourth-order valence-corrected chi connectivity index (χ4v) is 2.30. The molecule has 0 aliphatic heterocycles. The van der Waals surface area contributed by atoms with Crippen LogP contribution in [0.2, 0.25) is 0 Å². The van der Waals surface area contributed by atoms with E-state index in [0.29, 0.717) is 5.56 Å². The van der Waals surface area contributed by atoms with Gasteiger partial charge in [0.15, 0.2) is 0 Å². The van der Waals surface area contributed by atoms with Gasteiger partial charge in [-0.25, -0.2) is 4.39 Å². The Morgan fingerprint density at radius 1 is 1.10 bits per heavy atom. The Balaban J connectivity index is 1.88. The molecular formula is C18H22FN. The molecule has 0 spiro atoms. The Kier molecular flexibility index (Phi) is 4.91. The van der Waals surface area contributed by atoms with E-state index in [-0.39, 0.29) is 11.9 Å². The van der Waals surface area contributed by atoms with Crippen molar-refractivity contribution in [2.24, 2.45) is 0 Å². The molecule has 0 radical (unpaired) electrons. The first kappa shape index (κ1) is 14.7. The lowest BCUT2D eigenvalue weighted by atomic mass is 10.1. The molecule has 0 aromatic heterocycles. The minimum atomic E-state index is -0.130. The van der Waals surface area contributed by atoms with E-state index in [0.717, 1.165) is 18.5 Å². The van der Waals surface area contributed by atoms with Crippen molar-refractivity contribution in [2.45, 2.75) is 33.2 Å². The SMILES string of the molecule is Cc1cccc(CCNC(C)c2ccc(C)c(F)c2)c1. The van der Waals surface area contributed by atoms with Crippen LogP contribution >= 0.6 is 0 Å². The second-order valence-electron chi connectivity index (χ2n) is 5.42. The molecule has 1 nitrogen and oxygen atoms in total. The highest BCUT2D eigenvalue weighted by molar-refractivity contribution is 5.26. The maximum absolute atomic E-state index is 13.5. The highest BCUT2D eigenvalue weighted by atomic mass is 19.1. The zero-order chi connectivity index (χ0) is 14.5. The van der Waals surface area contributed by atoms with E-state index in [1.807, 2.05) is 12.1 Å². The van der Waals surface area contributed by atoms with Crippen molar-refractivity contribution in [3.63, 3.8) is 0 Å². The first-order valence-electron chi connectivity index (χ1n) is 7.11. The molecule has 2 rings (SSSR count). The van der Waals surface area contributed by atoms with E-state index >= 15 is 0 Å². The van der Waals surface area contributed by atoms with Crippen LogP contribution in [0.3, 0.4) is 0 Å². The van der Waals surface area contributed by atoms with Crippen molar-refractivity contribution in [2.75, 3.05) is 6.54 Å². The molecule has 0 fully saturated rings. The summed E-state index contributed by atoms with van der Waals surface area (Å²) in [6.45, 7) is 6.85. The van der Waals surface area contributed by atoms with Gasteiger partial charge in [-0.2, -0.15) is 0 Å². The quantitative estimate of drug-likeness (QED) is 0.853. The van der Waals surface area contributed by atoms with Crippen molar-refractivity contribution < 1.29 is 4.39 Å². The molecule has 0 aliphatic carbocycles. The summed E-state index contributed by atoms with van der Waals surface area (Å²) in [6, 6.07) is 14.2. The van der Waals surface area contributed by atoms with Gasteiger partial charge >= 0.3 is 0 Å². The molecule has 1 unspecified atom stereocenters. The molecule has 0 bridgehead atoms. The second-order valence-corrected chi connectivity index (χ2v) is 5.42. The third kappa shape index (κ3) is 3.91. The third-order valence-electron chi connectivity index (χ3n) is 3.64. The zero-order valence-electron chi connectivity index (χ0n) is 12.4. The van der Waals surface area contributed by atoms with Crippen LogP contribution in [0.1, 0.15) is 35.2 Å². The highest BCUT2D eigenvalue weighted by Crippen LogP contribution is 2.16. The molecule has 2 aromatic carbocycles. The van der Waals surface area contributed by atoms with Crippen LogP contribution in [0, 0.1) is 19.7 Å². The van der Waals surface area contributed by atoms with E-state index < -0.39 is 0 Å². The maximum Gasteiger partial charge on any atom is 0.126 e. The second kappa shape index (κ2) is 6.67. The Morgan fingerprint density at radius 3 is 2.60 bits per heavy atom. The lowest BCUT2D eigenvalue weighted by molar-refractivity contribution is 0.565. The van der Waals surface area contributed by atoms with Gasteiger partial charge in [-0.05, 0) is 56.5 Å². The Labute approximate surface area is 120 Å². The number of halogens is 1. The van der Waals surface area contributed by atoms with Gasteiger partial charge in [0.2, 0.25) is 0 Å². The lowest BCUT2D eigenvalue weighted by Gasteiger charge is -2.15. The summed E-state index contributed by atoms with van der Waals surface area (Å²) in [5.74, 6) is -0.130. The number of hydrogen-bond donors (Lipinski definition) is 1. The van der Waals surface area contributed by atoms with E-state index in [1.165, 1.54) is 11.1 Å². The van der Waals surface area contributed by atoms with Crippen LogP contribution in [-0.4, -0.2) is 6.54 Å². The number of hydrogen-bond acceptors (Lipinski definition) is 1. The largest absolute Gasteiger partial charge is 0.310 e. The minimum Gasteiger partial charge on any atom is -0.310 e. The molecule has 1 atom stereocenters. The first-order valence-corrected chi connectivity index (χ1v) is 7.11. The van der Waals surface area contributed by atoms with Crippen molar-refractivity contribution in [1.29, 1.82) is 0 Å². The van der Waals surface area contributed by atoms with Crippen molar-refractivity contribution in [1.82, 2.24) is 5.32 Å². The van der Waals surface area contributed by atoms with Gasteiger partial charge in [-0.3, -0.25) is 0 Å². The van der Waals surface area contributed by atoms with Crippen molar-refractivity contribution in [3.05, 3.63) is 70.5 Å². The van der Waals surface area contributed by atoms with E-state index in [1.54, 1.807) is 13.0 Å². The monoisotopic (exact) mass is 271 g/mol. The fourth-order valence-electron chi connectivity index (χ4n) is 2.30. The zero-order valence-corrected chi connectivity index (χ0v) is 12.4. The summed E-state index contributed by atoms with van der Waals surface area (Å²) in [5.41, 5.74) is 4.31. The van der Waals surface area contributed by atoms with Crippen LogP contribution in [0.25, 0.3) is 0 Å². The van der Waals surface area contributed by atoms with Gasteiger partial charge in [-0.15, -0.1) is 0 Å². The van der Waals surface area contributed by atoms with Gasteiger partial charge in [-0.1, -0.05) is 42.0 Å². The van der Waals surface area contributed by atoms with E-state index in [9.17, 15) is 4.39 Å². The van der Waals surface area contributed by atoms with Gasteiger partial charge in [0.25, 0.3) is 0 Å². The van der Waals surface area contributed by atoms with Crippen LogP contribution in [-0.2, 0) is 6.42 Å². The molecule has 1 N–H and O–H groups in total. The number of benzene rings is 2. The molecule has 0 amide bonds. The molecule has 2 heteroatoms. The maximum atomic E-state index is 13.5. The van der Waals surface area contributed by atoms with Crippen molar-refractivity contribution in [3.8, 4) is 0 Å². The summed E-state index contributed by atoms with van der Waals surface area (Å²) in [6.07, 6.45) is 0.986. The number of aryl methyl sites for hydroxylation is 2. The first-order chi connectivity index (χ1) is 9.56. The van der Waals surface area contributed by atoms with Crippen LogP contribution in [0.5, 0.6) is 0 Å². The predicted molar refractivity (Wildman–Crippen MR) is 82.4 cm³/mol. The predicted octanol–water partition coefficient (Wildman–Crippen LogP) is 4.34. The van der Waals surface area contributed by atoms with E-state index in [4.69, 9.17) is 0 Å². The van der Waals surface area contributed by atoms with Gasteiger partial charge < -0.3 is 5.32 Å². The topological polar surface area (TPSA) is 12.0 Å². The summed E-state index contributed by atoms with van der Waals surface area (Å²) in [4.78, 5) is 0. The average Bonchev–Trinajstić information content (AvgIpc) is 2.42. The van der Waals surface area contributed by atoms with Crippen LogP contribution < -0.4 is 5.32 Å². The number of rotatable bonds is 5. The Bertz CT molecular complexity index is 577. The summed E-state index contributed by atoms with van der Waals surface area (Å²) in [5, 5.41) is 3.45. The molecule has 0 aliphatic rings. The molecular weight excluding hydrogens is 249 g/mol. The van der Waals surface area contributed by atoms with Gasteiger partial charge in [0.05, 0.1) is 0 Å². The Hall–Kier alpha value is -1.67. The van der Waals surface area contributed by atoms with Crippen molar-refractivity contribution >= 4 is 0 Å². The highest BCUT2D eigenvalue weighted by Gasteiger charge is 2.07. The fraction of sp³-hybridized carbons (Fsp3) is 0.333. The molecule has 0 saturated heterocycles. The van der Waals surface area contributed by atoms with Gasteiger partial charge in [0, 0.05) is 6.04 Å².